The number of amides is 1. The topological polar surface area (TPSA) is 38.3 Å². The van der Waals surface area contributed by atoms with Crippen LogP contribution in [0.1, 0.15) is 56.0 Å². The zero-order valence-electron chi connectivity index (χ0n) is 16.4. The van der Waals surface area contributed by atoms with E-state index in [0.717, 1.165) is 21.7 Å². The Morgan fingerprint density at radius 3 is 2.15 bits per heavy atom. The Morgan fingerprint density at radius 1 is 1.12 bits per heavy atom. The highest BCUT2D eigenvalue weighted by Crippen LogP contribution is 2.26. The minimum atomic E-state index is -0.150. The minimum absolute atomic E-state index is 0.0229. The van der Waals surface area contributed by atoms with Gasteiger partial charge in [-0.1, -0.05) is 56.6 Å². The van der Waals surface area contributed by atoms with Gasteiger partial charge in [0, 0.05) is 5.02 Å². The molecule has 2 aromatic carbocycles. The largest absolute Gasteiger partial charge is 0.484 e. The van der Waals surface area contributed by atoms with Crippen LogP contribution in [0.3, 0.4) is 0 Å². The Kier molecular flexibility index (Phi) is 6.35. The molecule has 0 aliphatic carbocycles. The van der Waals surface area contributed by atoms with Crippen molar-refractivity contribution >= 4 is 17.5 Å². The molecule has 0 aliphatic heterocycles. The van der Waals surface area contributed by atoms with Crippen LogP contribution in [0.15, 0.2) is 36.4 Å². The van der Waals surface area contributed by atoms with E-state index in [0.29, 0.717) is 5.75 Å². The van der Waals surface area contributed by atoms with Gasteiger partial charge in [0.05, 0.1) is 6.04 Å². The summed E-state index contributed by atoms with van der Waals surface area (Å²) in [6, 6.07) is 12.0. The Labute approximate surface area is 161 Å². The van der Waals surface area contributed by atoms with E-state index in [4.69, 9.17) is 16.3 Å². The SMILES string of the molecule is Cc1cc(OCC(=O)NC(C)c2ccc(C(C)(C)C)cc2)cc(C)c1Cl. The summed E-state index contributed by atoms with van der Waals surface area (Å²) in [6.45, 7) is 12.4. The van der Waals surface area contributed by atoms with Crippen LogP contribution in [0.5, 0.6) is 5.75 Å². The minimum Gasteiger partial charge on any atom is -0.484 e. The summed E-state index contributed by atoms with van der Waals surface area (Å²) in [6.07, 6.45) is 0. The van der Waals surface area contributed by atoms with Gasteiger partial charge in [0.2, 0.25) is 0 Å². The van der Waals surface area contributed by atoms with Crippen molar-refractivity contribution in [1.82, 2.24) is 5.32 Å². The van der Waals surface area contributed by atoms with Gasteiger partial charge in [-0.15, -0.1) is 0 Å². The predicted molar refractivity (Wildman–Crippen MR) is 108 cm³/mol. The molecule has 140 valence electrons. The molecule has 1 N–H and O–H groups in total. The molecule has 1 unspecified atom stereocenters. The lowest BCUT2D eigenvalue weighted by Crippen LogP contribution is -2.31. The Balaban J connectivity index is 1.93. The highest BCUT2D eigenvalue weighted by molar-refractivity contribution is 6.32. The fourth-order valence-corrected chi connectivity index (χ4v) is 2.89. The zero-order chi connectivity index (χ0) is 19.5. The molecule has 0 aliphatic rings. The van der Waals surface area contributed by atoms with Crippen molar-refractivity contribution in [3.8, 4) is 5.75 Å². The highest BCUT2D eigenvalue weighted by Gasteiger charge is 2.15. The molecule has 0 fully saturated rings. The normalized spacial score (nSPS) is 12.6. The average Bonchev–Trinajstić information content (AvgIpc) is 2.57. The molecule has 0 bridgehead atoms. The van der Waals surface area contributed by atoms with Gasteiger partial charge in [-0.2, -0.15) is 0 Å². The third-order valence-electron chi connectivity index (χ3n) is 4.43. The molecule has 0 saturated carbocycles. The molecule has 3 nitrogen and oxygen atoms in total. The summed E-state index contributed by atoms with van der Waals surface area (Å²) in [5.74, 6) is 0.504. The van der Waals surface area contributed by atoms with Gasteiger partial charge in [-0.05, 0) is 60.6 Å². The molecular weight excluding hydrogens is 346 g/mol. The molecule has 1 atom stereocenters. The fraction of sp³-hybridized carbons (Fsp3) is 0.409. The van der Waals surface area contributed by atoms with Crippen LogP contribution in [-0.2, 0) is 10.2 Å². The van der Waals surface area contributed by atoms with Crippen LogP contribution in [0.4, 0.5) is 0 Å². The van der Waals surface area contributed by atoms with E-state index >= 15 is 0 Å². The molecule has 4 heteroatoms. The van der Waals surface area contributed by atoms with E-state index in [1.165, 1.54) is 5.56 Å². The number of rotatable bonds is 5. The predicted octanol–water partition coefficient (Wildman–Crippen LogP) is 5.51. The summed E-state index contributed by atoms with van der Waals surface area (Å²) >= 11 is 6.15. The standard InChI is InChI=1S/C22H28ClNO2/c1-14-11-19(12-15(2)21(14)23)26-13-20(25)24-16(3)17-7-9-18(10-8-17)22(4,5)6/h7-12,16H,13H2,1-6H3,(H,24,25). The summed E-state index contributed by atoms with van der Waals surface area (Å²) < 4.78 is 5.61. The van der Waals surface area contributed by atoms with Crippen molar-refractivity contribution in [1.29, 1.82) is 0 Å². The lowest BCUT2D eigenvalue weighted by Gasteiger charge is -2.21. The lowest BCUT2D eigenvalue weighted by atomic mass is 9.86. The van der Waals surface area contributed by atoms with E-state index < -0.39 is 0 Å². The van der Waals surface area contributed by atoms with Crippen LogP contribution >= 0.6 is 11.6 Å². The molecule has 0 spiro atoms. The van der Waals surface area contributed by atoms with Crippen LogP contribution in [0.2, 0.25) is 5.02 Å². The number of carbonyl (C=O) groups excluding carboxylic acids is 1. The number of aryl methyl sites for hydroxylation is 2. The first-order valence-corrected chi connectivity index (χ1v) is 9.25. The van der Waals surface area contributed by atoms with E-state index in [9.17, 15) is 4.79 Å². The molecule has 2 rings (SSSR count). The number of benzene rings is 2. The van der Waals surface area contributed by atoms with Crippen LogP contribution in [0, 0.1) is 13.8 Å². The maximum atomic E-state index is 12.2. The summed E-state index contributed by atoms with van der Waals surface area (Å²) in [5.41, 5.74) is 4.35. The van der Waals surface area contributed by atoms with Crippen molar-refractivity contribution in [3.63, 3.8) is 0 Å². The summed E-state index contributed by atoms with van der Waals surface area (Å²) in [5, 5.41) is 3.71. The molecule has 0 saturated heterocycles. The van der Waals surface area contributed by atoms with Crippen LogP contribution in [0.25, 0.3) is 0 Å². The number of hydrogen-bond donors (Lipinski definition) is 1. The molecular formula is C22H28ClNO2. The molecule has 2 aromatic rings. The summed E-state index contributed by atoms with van der Waals surface area (Å²) in [7, 11) is 0. The Bertz CT molecular complexity index is 753. The summed E-state index contributed by atoms with van der Waals surface area (Å²) in [4.78, 5) is 12.2. The fourth-order valence-electron chi connectivity index (χ4n) is 2.78. The average molecular weight is 374 g/mol. The smallest absolute Gasteiger partial charge is 0.258 e. The van der Waals surface area contributed by atoms with Crippen molar-refractivity contribution in [3.05, 3.63) is 63.7 Å². The zero-order valence-corrected chi connectivity index (χ0v) is 17.2. The number of halogens is 1. The van der Waals surface area contributed by atoms with E-state index in [1.54, 1.807) is 0 Å². The number of nitrogens with one attached hydrogen (secondary N) is 1. The van der Waals surface area contributed by atoms with Crippen LogP contribution in [-0.4, -0.2) is 12.5 Å². The van der Waals surface area contributed by atoms with Gasteiger partial charge in [-0.3, -0.25) is 4.79 Å². The third-order valence-corrected chi connectivity index (χ3v) is 5.03. The van der Waals surface area contributed by atoms with E-state index in [2.05, 4.69) is 50.4 Å². The van der Waals surface area contributed by atoms with Gasteiger partial charge in [-0.25, -0.2) is 0 Å². The monoisotopic (exact) mass is 373 g/mol. The van der Waals surface area contributed by atoms with Gasteiger partial charge >= 0.3 is 0 Å². The first kappa shape index (κ1) is 20.3. The molecule has 0 radical (unpaired) electrons. The second-order valence-electron chi connectivity index (χ2n) is 7.82. The van der Waals surface area contributed by atoms with Gasteiger partial charge in [0.25, 0.3) is 5.91 Å². The molecule has 26 heavy (non-hydrogen) atoms. The van der Waals surface area contributed by atoms with Gasteiger partial charge < -0.3 is 10.1 Å². The maximum Gasteiger partial charge on any atom is 0.258 e. The molecule has 0 aromatic heterocycles. The van der Waals surface area contributed by atoms with Crippen molar-refractivity contribution in [2.75, 3.05) is 6.61 Å². The second-order valence-corrected chi connectivity index (χ2v) is 8.20. The molecule has 0 heterocycles. The van der Waals surface area contributed by atoms with Crippen LogP contribution < -0.4 is 10.1 Å². The highest BCUT2D eigenvalue weighted by atomic mass is 35.5. The first-order valence-electron chi connectivity index (χ1n) is 8.87. The van der Waals surface area contributed by atoms with Gasteiger partial charge in [0.15, 0.2) is 6.61 Å². The number of hydrogen-bond acceptors (Lipinski definition) is 2. The molecule has 1 amide bonds. The Morgan fingerprint density at radius 2 is 1.65 bits per heavy atom. The van der Waals surface area contributed by atoms with E-state index in [1.807, 2.05) is 32.9 Å². The number of carbonyl (C=O) groups is 1. The van der Waals surface area contributed by atoms with E-state index in [-0.39, 0.29) is 24.0 Å². The quantitative estimate of drug-likeness (QED) is 0.750. The van der Waals surface area contributed by atoms with Gasteiger partial charge in [0.1, 0.15) is 5.75 Å². The van der Waals surface area contributed by atoms with Crippen molar-refractivity contribution in [2.24, 2.45) is 0 Å². The number of ether oxygens (including phenoxy) is 1. The maximum absolute atomic E-state index is 12.2. The first-order chi connectivity index (χ1) is 12.1. The third kappa shape index (κ3) is 5.25. The van der Waals surface area contributed by atoms with Crippen molar-refractivity contribution in [2.45, 2.75) is 53.0 Å². The lowest BCUT2D eigenvalue weighted by molar-refractivity contribution is -0.123. The van der Waals surface area contributed by atoms with Crippen molar-refractivity contribution < 1.29 is 9.53 Å². The second kappa shape index (κ2) is 8.13. The Hall–Kier alpha value is -2.00.